The predicted octanol–water partition coefficient (Wildman–Crippen LogP) is 4.81. The standard InChI is InChI=1S/C18H23NO/c1-3-15-13-18(20-14(15)2)16-7-9-17(10-8-16)19-11-5-4-6-12-19/h7-10,13H,3-6,11-12H2,1-2H3. The minimum Gasteiger partial charge on any atom is -0.461 e. The van der Waals surface area contributed by atoms with Crippen LogP contribution in [0.5, 0.6) is 0 Å². The summed E-state index contributed by atoms with van der Waals surface area (Å²) in [6, 6.07) is 11.0. The lowest BCUT2D eigenvalue weighted by Gasteiger charge is -2.28. The Labute approximate surface area is 121 Å². The lowest BCUT2D eigenvalue weighted by molar-refractivity contribution is 0.544. The van der Waals surface area contributed by atoms with Gasteiger partial charge in [0.05, 0.1) is 0 Å². The van der Waals surface area contributed by atoms with E-state index in [9.17, 15) is 0 Å². The molecule has 0 bridgehead atoms. The molecule has 1 saturated heterocycles. The molecule has 2 heterocycles. The summed E-state index contributed by atoms with van der Waals surface area (Å²) < 4.78 is 5.86. The summed E-state index contributed by atoms with van der Waals surface area (Å²) in [7, 11) is 0. The lowest BCUT2D eigenvalue weighted by atomic mass is 10.1. The highest BCUT2D eigenvalue weighted by Gasteiger charge is 2.12. The SMILES string of the molecule is CCc1cc(-c2ccc(N3CCCCC3)cc2)oc1C. The van der Waals surface area contributed by atoms with E-state index in [-0.39, 0.29) is 0 Å². The number of nitrogens with zero attached hydrogens (tertiary/aromatic N) is 1. The third kappa shape index (κ3) is 2.60. The zero-order chi connectivity index (χ0) is 13.9. The van der Waals surface area contributed by atoms with Crippen LogP contribution in [-0.2, 0) is 6.42 Å². The van der Waals surface area contributed by atoms with Crippen LogP contribution >= 0.6 is 0 Å². The summed E-state index contributed by atoms with van der Waals surface area (Å²) in [4.78, 5) is 2.48. The minimum absolute atomic E-state index is 0.990. The van der Waals surface area contributed by atoms with Gasteiger partial charge in [0.15, 0.2) is 0 Å². The molecule has 0 unspecified atom stereocenters. The van der Waals surface area contributed by atoms with Crippen LogP contribution in [0, 0.1) is 6.92 Å². The van der Waals surface area contributed by atoms with Crippen molar-refractivity contribution in [1.82, 2.24) is 0 Å². The average Bonchev–Trinajstić information content (AvgIpc) is 2.89. The number of hydrogen-bond donors (Lipinski definition) is 0. The first-order chi connectivity index (χ1) is 9.78. The molecule has 1 fully saturated rings. The Balaban J connectivity index is 1.81. The lowest BCUT2D eigenvalue weighted by Crippen LogP contribution is -2.29. The molecule has 3 rings (SSSR count). The molecule has 0 spiro atoms. The number of hydrogen-bond acceptors (Lipinski definition) is 2. The maximum Gasteiger partial charge on any atom is 0.134 e. The highest BCUT2D eigenvalue weighted by Crippen LogP contribution is 2.28. The Kier molecular flexibility index (Phi) is 3.81. The molecular formula is C18H23NO. The summed E-state index contributed by atoms with van der Waals surface area (Å²) in [6.45, 7) is 6.60. The van der Waals surface area contributed by atoms with Gasteiger partial charge in [0, 0.05) is 24.3 Å². The van der Waals surface area contributed by atoms with E-state index in [1.807, 2.05) is 6.92 Å². The molecule has 1 aromatic heterocycles. The fraction of sp³-hybridized carbons (Fsp3) is 0.444. The number of rotatable bonds is 3. The first-order valence-corrected chi connectivity index (χ1v) is 7.72. The van der Waals surface area contributed by atoms with E-state index < -0.39 is 0 Å². The minimum atomic E-state index is 0.990. The average molecular weight is 269 g/mol. The Bertz CT molecular complexity index is 562. The molecule has 106 valence electrons. The molecule has 0 N–H and O–H groups in total. The number of piperidine rings is 1. The highest BCUT2D eigenvalue weighted by atomic mass is 16.3. The van der Waals surface area contributed by atoms with Gasteiger partial charge in [0.25, 0.3) is 0 Å². The van der Waals surface area contributed by atoms with Crippen molar-refractivity contribution in [2.75, 3.05) is 18.0 Å². The van der Waals surface area contributed by atoms with Crippen LogP contribution in [0.25, 0.3) is 11.3 Å². The van der Waals surface area contributed by atoms with Gasteiger partial charge in [0.1, 0.15) is 11.5 Å². The van der Waals surface area contributed by atoms with Gasteiger partial charge in [-0.15, -0.1) is 0 Å². The molecule has 2 aromatic rings. The number of benzene rings is 1. The fourth-order valence-electron chi connectivity index (χ4n) is 3.00. The van der Waals surface area contributed by atoms with E-state index in [0.717, 1.165) is 17.9 Å². The van der Waals surface area contributed by atoms with Gasteiger partial charge < -0.3 is 9.32 Å². The molecule has 1 aliphatic heterocycles. The van der Waals surface area contributed by atoms with Crippen molar-refractivity contribution < 1.29 is 4.42 Å². The van der Waals surface area contributed by atoms with Gasteiger partial charge in [-0.1, -0.05) is 6.92 Å². The molecule has 1 aromatic carbocycles. The third-order valence-electron chi connectivity index (χ3n) is 4.27. The number of furan rings is 1. The van der Waals surface area contributed by atoms with E-state index in [4.69, 9.17) is 4.42 Å². The number of anilines is 1. The second-order valence-corrected chi connectivity index (χ2v) is 5.64. The van der Waals surface area contributed by atoms with Crippen molar-refractivity contribution in [3.8, 4) is 11.3 Å². The predicted molar refractivity (Wildman–Crippen MR) is 84.3 cm³/mol. The molecule has 0 saturated carbocycles. The molecule has 20 heavy (non-hydrogen) atoms. The van der Waals surface area contributed by atoms with Gasteiger partial charge >= 0.3 is 0 Å². The molecule has 0 amide bonds. The fourth-order valence-corrected chi connectivity index (χ4v) is 3.00. The quantitative estimate of drug-likeness (QED) is 0.795. The molecular weight excluding hydrogens is 246 g/mol. The summed E-state index contributed by atoms with van der Waals surface area (Å²) in [5, 5.41) is 0. The van der Waals surface area contributed by atoms with Crippen molar-refractivity contribution >= 4 is 5.69 Å². The topological polar surface area (TPSA) is 16.4 Å². The van der Waals surface area contributed by atoms with E-state index in [1.54, 1.807) is 0 Å². The van der Waals surface area contributed by atoms with Gasteiger partial charge in [-0.2, -0.15) is 0 Å². The second kappa shape index (κ2) is 5.74. The van der Waals surface area contributed by atoms with E-state index in [1.165, 1.54) is 49.2 Å². The first-order valence-electron chi connectivity index (χ1n) is 7.72. The molecule has 2 nitrogen and oxygen atoms in total. The van der Waals surface area contributed by atoms with E-state index >= 15 is 0 Å². The largest absolute Gasteiger partial charge is 0.461 e. The first kappa shape index (κ1) is 13.3. The van der Waals surface area contributed by atoms with Gasteiger partial charge in [0.2, 0.25) is 0 Å². The molecule has 2 heteroatoms. The molecule has 1 aliphatic rings. The van der Waals surface area contributed by atoms with Crippen molar-refractivity contribution in [3.63, 3.8) is 0 Å². The van der Waals surface area contributed by atoms with Crippen LogP contribution in [0.4, 0.5) is 5.69 Å². The van der Waals surface area contributed by atoms with Crippen LogP contribution in [0.15, 0.2) is 34.7 Å². The second-order valence-electron chi connectivity index (χ2n) is 5.64. The summed E-state index contributed by atoms with van der Waals surface area (Å²) in [5.74, 6) is 2.03. The zero-order valence-electron chi connectivity index (χ0n) is 12.5. The Hall–Kier alpha value is -1.70. The van der Waals surface area contributed by atoms with Gasteiger partial charge in [-0.05, 0) is 68.5 Å². The highest BCUT2D eigenvalue weighted by molar-refractivity contribution is 5.63. The summed E-state index contributed by atoms with van der Waals surface area (Å²) >= 11 is 0. The van der Waals surface area contributed by atoms with Crippen molar-refractivity contribution in [2.24, 2.45) is 0 Å². The van der Waals surface area contributed by atoms with Crippen LogP contribution in [0.3, 0.4) is 0 Å². The van der Waals surface area contributed by atoms with Gasteiger partial charge in [-0.3, -0.25) is 0 Å². The molecule has 0 aliphatic carbocycles. The van der Waals surface area contributed by atoms with Gasteiger partial charge in [-0.25, -0.2) is 0 Å². The Morgan fingerprint density at radius 2 is 1.75 bits per heavy atom. The van der Waals surface area contributed by atoms with Crippen LogP contribution in [0.1, 0.15) is 37.5 Å². The smallest absolute Gasteiger partial charge is 0.134 e. The normalized spacial score (nSPS) is 15.6. The van der Waals surface area contributed by atoms with Crippen LogP contribution < -0.4 is 4.90 Å². The zero-order valence-corrected chi connectivity index (χ0v) is 12.5. The third-order valence-corrected chi connectivity index (χ3v) is 4.27. The molecule has 0 atom stereocenters. The van der Waals surface area contributed by atoms with Crippen LogP contribution in [0.2, 0.25) is 0 Å². The van der Waals surface area contributed by atoms with Crippen molar-refractivity contribution in [1.29, 1.82) is 0 Å². The summed E-state index contributed by atoms with van der Waals surface area (Å²) in [6.07, 6.45) is 5.04. The maximum atomic E-state index is 5.86. The monoisotopic (exact) mass is 269 g/mol. The van der Waals surface area contributed by atoms with Crippen LogP contribution in [-0.4, -0.2) is 13.1 Å². The Morgan fingerprint density at radius 3 is 2.35 bits per heavy atom. The summed E-state index contributed by atoms with van der Waals surface area (Å²) in [5.41, 5.74) is 3.82. The van der Waals surface area contributed by atoms with E-state index in [2.05, 4.69) is 42.2 Å². The van der Waals surface area contributed by atoms with Crippen molar-refractivity contribution in [3.05, 3.63) is 41.7 Å². The van der Waals surface area contributed by atoms with E-state index in [0.29, 0.717) is 0 Å². The maximum absolute atomic E-state index is 5.86. The van der Waals surface area contributed by atoms with Crippen molar-refractivity contribution in [2.45, 2.75) is 39.5 Å². The number of aryl methyl sites for hydroxylation is 2. The molecule has 0 radical (unpaired) electrons. The Morgan fingerprint density at radius 1 is 1.05 bits per heavy atom.